The topological polar surface area (TPSA) is 33.5 Å². The van der Waals surface area contributed by atoms with Gasteiger partial charge in [0, 0.05) is 18.1 Å². The number of carbonyl (C=O) groups is 1. The van der Waals surface area contributed by atoms with Crippen LogP contribution in [0.2, 0.25) is 5.02 Å². The average Bonchev–Trinajstić information content (AvgIpc) is 2.91. The Bertz CT molecular complexity index is 522. The zero-order valence-electron chi connectivity index (χ0n) is 10.1. The number of benzene rings is 1. The van der Waals surface area contributed by atoms with Gasteiger partial charge < -0.3 is 9.32 Å². The molecule has 2 aromatic rings. The Balaban J connectivity index is 2.15. The van der Waals surface area contributed by atoms with E-state index in [0.717, 1.165) is 5.56 Å². The summed E-state index contributed by atoms with van der Waals surface area (Å²) in [5.41, 5.74) is 1.50. The van der Waals surface area contributed by atoms with Crippen molar-refractivity contribution in [1.82, 2.24) is 4.90 Å². The van der Waals surface area contributed by atoms with E-state index < -0.39 is 0 Å². The van der Waals surface area contributed by atoms with Crippen molar-refractivity contribution in [2.75, 3.05) is 6.54 Å². The number of nitrogens with zero attached hydrogens (tertiary/aromatic N) is 1. The van der Waals surface area contributed by atoms with Gasteiger partial charge in [-0.05, 0) is 24.6 Å². The number of amides is 1. The van der Waals surface area contributed by atoms with Gasteiger partial charge in [0.05, 0.1) is 11.8 Å². The maximum atomic E-state index is 12.2. The van der Waals surface area contributed by atoms with E-state index in [1.165, 1.54) is 12.5 Å². The summed E-state index contributed by atoms with van der Waals surface area (Å²) in [7, 11) is 0. The van der Waals surface area contributed by atoms with E-state index in [9.17, 15) is 4.79 Å². The molecule has 1 heterocycles. The van der Waals surface area contributed by atoms with Crippen molar-refractivity contribution in [2.24, 2.45) is 0 Å². The molecule has 94 valence electrons. The van der Waals surface area contributed by atoms with Gasteiger partial charge in [-0.2, -0.15) is 0 Å². The van der Waals surface area contributed by atoms with Crippen LogP contribution in [0.1, 0.15) is 22.8 Å². The minimum Gasteiger partial charge on any atom is -0.472 e. The van der Waals surface area contributed by atoms with Gasteiger partial charge in [-0.1, -0.05) is 29.8 Å². The molecule has 3 nitrogen and oxygen atoms in total. The molecular formula is C14H14ClNO2. The summed E-state index contributed by atoms with van der Waals surface area (Å²) < 4.78 is 4.93. The van der Waals surface area contributed by atoms with E-state index in [-0.39, 0.29) is 5.91 Å². The minimum atomic E-state index is -0.0498. The van der Waals surface area contributed by atoms with Gasteiger partial charge in [-0.15, -0.1) is 0 Å². The zero-order valence-corrected chi connectivity index (χ0v) is 10.9. The molecular weight excluding hydrogens is 250 g/mol. The van der Waals surface area contributed by atoms with E-state index in [1.54, 1.807) is 11.0 Å². The summed E-state index contributed by atoms with van der Waals surface area (Å²) in [6.45, 7) is 3.06. The van der Waals surface area contributed by atoms with Crippen LogP contribution in [-0.4, -0.2) is 17.4 Å². The smallest absolute Gasteiger partial charge is 0.257 e. The van der Waals surface area contributed by atoms with Gasteiger partial charge in [0.25, 0.3) is 5.91 Å². The van der Waals surface area contributed by atoms with E-state index in [2.05, 4.69) is 0 Å². The number of carbonyl (C=O) groups excluding carboxylic acids is 1. The van der Waals surface area contributed by atoms with Crippen LogP contribution in [0, 0.1) is 0 Å². The van der Waals surface area contributed by atoms with Gasteiger partial charge in [0.15, 0.2) is 0 Å². The second kappa shape index (κ2) is 5.74. The Kier molecular flexibility index (Phi) is 4.05. The van der Waals surface area contributed by atoms with Crippen LogP contribution < -0.4 is 0 Å². The first-order valence-corrected chi connectivity index (χ1v) is 6.15. The standard InChI is InChI=1S/C14H14ClNO2/c1-2-16(14(17)12-7-8-18-10-12)9-11-5-3-4-6-13(11)15/h3-8,10H,2,9H2,1H3. The molecule has 0 aliphatic rings. The summed E-state index contributed by atoms with van der Waals surface area (Å²) in [6, 6.07) is 9.20. The molecule has 0 aliphatic heterocycles. The fourth-order valence-corrected chi connectivity index (χ4v) is 1.92. The molecule has 0 atom stereocenters. The van der Waals surface area contributed by atoms with Crippen molar-refractivity contribution in [3.63, 3.8) is 0 Å². The zero-order chi connectivity index (χ0) is 13.0. The van der Waals surface area contributed by atoms with Crippen LogP contribution in [-0.2, 0) is 6.54 Å². The van der Waals surface area contributed by atoms with Crippen LogP contribution in [0.25, 0.3) is 0 Å². The molecule has 0 aliphatic carbocycles. The van der Waals surface area contributed by atoms with Crippen molar-refractivity contribution in [3.8, 4) is 0 Å². The van der Waals surface area contributed by atoms with Crippen molar-refractivity contribution in [3.05, 3.63) is 59.0 Å². The molecule has 4 heteroatoms. The largest absolute Gasteiger partial charge is 0.472 e. The monoisotopic (exact) mass is 263 g/mol. The van der Waals surface area contributed by atoms with Crippen LogP contribution in [0.15, 0.2) is 47.3 Å². The Morgan fingerprint density at radius 1 is 1.33 bits per heavy atom. The molecule has 1 amide bonds. The lowest BCUT2D eigenvalue weighted by atomic mass is 10.2. The highest BCUT2D eigenvalue weighted by molar-refractivity contribution is 6.31. The van der Waals surface area contributed by atoms with Gasteiger partial charge in [0.2, 0.25) is 0 Å². The molecule has 0 spiro atoms. The third-order valence-corrected chi connectivity index (χ3v) is 3.12. The fraction of sp³-hybridized carbons (Fsp3) is 0.214. The molecule has 18 heavy (non-hydrogen) atoms. The molecule has 0 radical (unpaired) electrons. The van der Waals surface area contributed by atoms with Crippen molar-refractivity contribution >= 4 is 17.5 Å². The number of hydrogen-bond donors (Lipinski definition) is 0. The van der Waals surface area contributed by atoms with Crippen LogP contribution in [0.5, 0.6) is 0 Å². The van der Waals surface area contributed by atoms with Crippen molar-refractivity contribution in [2.45, 2.75) is 13.5 Å². The summed E-state index contributed by atoms with van der Waals surface area (Å²) in [4.78, 5) is 13.9. The summed E-state index contributed by atoms with van der Waals surface area (Å²) >= 11 is 6.10. The number of hydrogen-bond acceptors (Lipinski definition) is 2. The predicted molar refractivity (Wildman–Crippen MR) is 70.6 cm³/mol. The van der Waals surface area contributed by atoms with Gasteiger partial charge in [0.1, 0.15) is 6.26 Å². The van der Waals surface area contributed by atoms with Crippen LogP contribution in [0.4, 0.5) is 0 Å². The van der Waals surface area contributed by atoms with E-state index in [0.29, 0.717) is 23.7 Å². The summed E-state index contributed by atoms with van der Waals surface area (Å²) in [5, 5.41) is 0.677. The maximum absolute atomic E-state index is 12.2. The van der Waals surface area contributed by atoms with Gasteiger partial charge in [-0.3, -0.25) is 4.79 Å². The van der Waals surface area contributed by atoms with Gasteiger partial charge >= 0.3 is 0 Å². The molecule has 0 bridgehead atoms. The highest BCUT2D eigenvalue weighted by atomic mass is 35.5. The molecule has 0 saturated carbocycles. The quantitative estimate of drug-likeness (QED) is 0.845. The predicted octanol–water partition coefficient (Wildman–Crippen LogP) is 3.60. The average molecular weight is 264 g/mol. The van der Waals surface area contributed by atoms with E-state index >= 15 is 0 Å². The van der Waals surface area contributed by atoms with Crippen molar-refractivity contribution in [1.29, 1.82) is 0 Å². The number of halogens is 1. The maximum Gasteiger partial charge on any atom is 0.257 e. The first kappa shape index (κ1) is 12.7. The molecule has 1 aromatic carbocycles. The molecule has 2 rings (SSSR count). The Labute approximate surface area is 111 Å². The van der Waals surface area contributed by atoms with Gasteiger partial charge in [-0.25, -0.2) is 0 Å². The molecule has 0 saturated heterocycles. The third-order valence-electron chi connectivity index (χ3n) is 2.76. The minimum absolute atomic E-state index is 0.0498. The first-order valence-electron chi connectivity index (χ1n) is 5.77. The Hall–Kier alpha value is -1.74. The lowest BCUT2D eigenvalue weighted by Crippen LogP contribution is -2.30. The summed E-state index contributed by atoms with van der Waals surface area (Å²) in [5.74, 6) is -0.0498. The lowest BCUT2D eigenvalue weighted by Gasteiger charge is -2.20. The third kappa shape index (κ3) is 2.74. The first-order chi connectivity index (χ1) is 8.72. The molecule has 0 N–H and O–H groups in total. The highest BCUT2D eigenvalue weighted by Crippen LogP contribution is 2.18. The molecule has 0 fully saturated rings. The van der Waals surface area contributed by atoms with E-state index in [1.807, 2.05) is 31.2 Å². The van der Waals surface area contributed by atoms with Crippen LogP contribution in [0.3, 0.4) is 0 Å². The second-order valence-corrected chi connectivity index (χ2v) is 4.33. The number of furan rings is 1. The Morgan fingerprint density at radius 2 is 2.11 bits per heavy atom. The SMILES string of the molecule is CCN(Cc1ccccc1Cl)C(=O)c1ccoc1. The highest BCUT2D eigenvalue weighted by Gasteiger charge is 2.16. The summed E-state index contributed by atoms with van der Waals surface area (Å²) in [6.07, 6.45) is 2.95. The van der Waals surface area contributed by atoms with Crippen LogP contribution >= 0.6 is 11.6 Å². The second-order valence-electron chi connectivity index (χ2n) is 3.92. The molecule has 0 unspecified atom stereocenters. The lowest BCUT2D eigenvalue weighted by molar-refractivity contribution is 0.0752. The normalized spacial score (nSPS) is 10.3. The Morgan fingerprint density at radius 3 is 2.72 bits per heavy atom. The number of rotatable bonds is 4. The van der Waals surface area contributed by atoms with Crippen molar-refractivity contribution < 1.29 is 9.21 Å². The van der Waals surface area contributed by atoms with E-state index in [4.69, 9.17) is 16.0 Å². The molecule has 1 aromatic heterocycles. The fourth-order valence-electron chi connectivity index (χ4n) is 1.73.